The molecule has 0 spiro atoms. The van der Waals surface area contributed by atoms with Gasteiger partial charge in [-0.3, -0.25) is 14.2 Å². The summed E-state index contributed by atoms with van der Waals surface area (Å²) in [5.41, 5.74) is 1.46. The lowest BCUT2D eigenvalue weighted by Crippen LogP contribution is -2.13. The SMILES string of the molecule is CC(=O)Oc1c(C)n(C(=O)c2ccsc2)c2cc(Cl)c(O)cc12. The molecule has 0 saturated heterocycles. The van der Waals surface area contributed by atoms with Crippen molar-refractivity contribution in [2.24, 2.45) is 0 Å². The molecule has 3 aromatic rings. The first-order valence-corrected chi connectivity index (χ1v) is 8.01. The third kappa shape index (κ3) is 2.60. The second-order valence-corrected chi connectivity index (χ2v) is 6.17. The van der Waals surface area contributed by atoms with E-state index in [0.29, 0.717) is 22.2 Å². The Bertz CT molecular complexity index is 928. The van der Waals surface area contributed by atoms with Gasteiger partial charge in [0.05, 0.1) is 21.8 Å². The van der Waals surface area contributed by atoms with E-state index in [4.69, 9.17) is 16.3 Å². The number of phenolic OH excluding ortho intramolecular Hbond substituents is 1. The Morgan fingerprint density at radius 2 is 2.09 bits per heavy atom. The summed E-state index contributed by atoms with van der Waals surface area (Å²) < 4.78 is 6.67. The molecule has 23 heavy (non-hydrogen) atoms. The number of phenols is 1. The number of carbonyl (C=O) groups is 2. The average molecular weight is 350 g/mol. The number of carbonyl (C=O) groups excluding carboxylic acids is 2. The Morgan fingerprint density at radius 3 is 2.70 bits per heavy atom. The molecule has 2 aromatic heterocycles. The maximum Gasteiger partial charge on any atom is 0.308 e. The summed E-state index contributed by atoms with van der Waals surface area (Å²) in [5, 5.41) is 13.9. The predicted octanol–water partition coefficient (Wildman–Crippen LogP) is 3.98. The Hall–Kier alpha value is -2.31. The number of hydrogen-bond donors (Lipinski definition) is 1. The van der Waals surface area contributed by atoms with Crippen molar-refractivity contribution in [3.63, 3.8) is 0 Å². The number of nitrogens with zero attached hydrogens (tertiary/aromatic N) is 1. The number of hydrogen-bond acceptors (Lipinski definition) is 5. The van der Waals surface area contributed by atoms with Crippen LogP contribution in [0.4, 0.5) is 0 Å². The van der Waals surface area contributed by atoms with E-state index in [1.54, 1.807) is 23.8 Å². The van der Waals surface area contributed by atoms with Crippen molar-refractivity contribution in [2.75, 3.05) is 0 Å². The van der Waals surface area contributed by atoms with E-state index in [1.165, 1.54) is 35.0 Å². The minimum absolute atomic E-state index is 0.115. The van der Waals surface area contributed by atoms with Gasteiger partial charge in [0.1, 0.15) is 5.75 Å². The van der Waals surface area contributed by atoms with Crippen molar-refractivity contribution in [3.05, 3.63) is 45.2 Å². The van der Waals surface area contributed by atoms with Gasteiger partial charge in [-0.2, -0.15) is 11.3 Å². The number of halogens is 1. The zero-order valence-corrected chi connectivity index (χ0v) is 13.9. The number of aromatic hydroxyl groups is 1. The number of esters is 1. The van der Waals surface area contributed by atoms with E-state index in [0.717, 1.165) is 0 Å². The molecule has 0 radical (unpaired) electrons. The van der Waals surface area contributed by atoms with Crippen LogP contribution < -0.4 is 4.74 Å². The van der Waals surface area contributed by atoms with Crippen LogP contribution in [0.1, 0.15) is 23.0 Å². The van der Waals surface area contributed by atoms with Crippen molar-refractivity contribution < 1.29 is 19.4 Å². The molecule has 0 aliphatic rings. The van der Waals surface area contributed by atoms with Crippen LogP contribution >= 0.6 is 22.9 Å². The molecule has 0 saturated carbocycles. The maximum atomic E-state index is 12.8. The van der Waals surface area contributed by atoms with Crippen molar-refractivity contribution in [1.82, 2.24) is 4.57 Å². The van der Waals surface area contributed by atoms with E-state index in [1.807, 2.05) is 0 Å². The molecule has 0 atom stereocenters. The van der Waals surface area contributed by atoms with Crippen LogP contribution in [0.5, 0.6) is 11.5 Å². The first kappa shape index (κ1) is 15.6. The smallest absolute Gasteiger partial charge is 0.308 e. The fraction of sp³-hybridized carbons (Fsp3) is 0.125. The van der Waals surface area contributed by atoms with Crippen LogP contribution in [0.3, 0.4) is 0 Å². The molecular weight excluding hydrogens is 338 g/mol. The molecule has 5 nitrogen and oxygen atoms in total. The van der Waals surface area contributed by atoms with Crippen molar-refractivity contribution in [2.45, 2.75) is 13.8 Å². The van der Waals surface area contributed by atoms with Crippen LogP contribution in [0.2, 0.25) is 5.02 Å². The Morgan fingerprint density at radius 1 is 1.35 bits per heavy atom. The molecule has 0 aliphatic heterocycles. The Labute approximate surface area is 140 Å². The molecule has 1 N–H and O–H groups in total. The minimum Gasteiger partial charge on any atom is -0.506 e. The largest absolute Gasteiger partial charge is 0.506 e. The molecule has 7 heteroatoms. The topological polar surface area (TPSA) is 68.5 Å². The van der Waals surface area contributed by atoms with E-state index in [9.17, 15) is 14.7 Å². The Balaban J connectivity index is 2.32. The maximum absolute atomic E-state index is 12.8. The van der Waals surface area contributed by atoms with Gasteiger partial charge in [0.25, 0.3) is 5.91 Å². The third-order valence-corrected chi connectivity index (χ3v) is 4.42. The molecule has 118 valence electrons. The van der Waals surface area contributed by atoms with Gasteiger partial charge in [-0.1, -0.05) is 11.6 Å². The van der Waals surface area contributed by atoms with Crippen molar-refractivity contribution in [1.29, 1.82) is 0 Å². The molecule has 2 heterocycles. The summed E-state index contributed by atoms with van der Waals surface area (Å²) in [6.07, 6.45) is 0. The summed E-state index contributed by atoms with van der Waals surface area (Å²) >= 11 is 7.39. The number of aromatic nitrogens is 1. The molecule has 0 unspecified atom stereocenters. The molecule has 1 aromatic carbocycles. The second-order valence-electron chi connectivity index (χ2n) is 4.98. The standard InChI is InChI=1S/C16H12ClNO4S/c1-8-15(22-9(2)19)11-5-14(20)12(17)6-13(11)18(8)16(21)10-3-4-23-7-10/h3-7,20H,1-2H3. The van der Waals surface area contributed by atoms with Crippen molar-refractivity contribution in [3.8, 4) is 11.5 Å². The normalized spacial score (nSPS) is 10.9. The number of rotatable bonds is 2. The van der Waals surface area contributed by atoms with Gasteiger partial charge < -0.3 is 9.84 Å². The van der Waals surface area contributed by atoms with Crippen LogP contribution in [-0.2, 0) is 4.79 Å². The Kier molecular flexibility index (Phi) is 3.87. The first-order valence-electron chi connectivity index (χ1n) is 6.69. The first-order chi connectivity index (χ1) is 10.9. The minimum atomic E-state index is -0.510. The number of ether oxygens (including phenoxy) is 1. The number of fused-ring (bicyclic) bond motifs is 1. The predicted molar refractivity (Wildman–Crippen MR) is 88.7 cm³/mol. The second kappa shape index (κ2) is 5.72. The van der Waals surface area contributed by atoms with Crippen molar-refractivity contribution >= 4 is 45.7 Å². The monoisotopic (exact) mass is 349 g/mol. The van der Waals surface area contributed by atoms with Crippen LogP contribution in [-0.4, -0.2) is 21.6 Å². The quantitative estimate of drug-likeness (QED) is 0.710. The highest BCUT2D eigenvalue weighted by Crippen LogP contribution is 2.39. The van der Waals surface area contributed by atoms with E-state index in [2.05, 4.69) is 0 Å². The van der Waals surface area contributed by atoms with E-state index < -0.39 is 5.97 Å². The highest BCUT2D eigenvalue weighted by Gasteiger charge is 2.23. The van der Waals surface area contributed by atoms with Gasteiger partial charge in [-0.05, 0) is 30.5 Å². The molecular formula is C16H12ClNO4S. The van der Waals surface area contributed by atoms with Crippen LogP contribution in [0.15, 0.2) is 29.0 Å². The molecule has 3 rings (SSSR count). The van der Waals surface area contributed by atoms with E-state index in [-0.39, 0.29) is 22.4 Å². The number of benzene rings is 1. The lowest BCUT2D eigenvalue weighted by molar-refractivity contribution is -0.131. The fourth-order valence-corrected chi connectivity index (χ4v) is 3.23. The molecule has 0 fully saturated rings. The highest BCUT2D eigenvalue weighted by molar-refractivity contribution is 7.08. The molecule has 0 amide bonds. The average Bonchev–Trinajstić information content (AvgIpc) is 3.09. The van der Waals surface area contributed by atoms with Gasteiger partial charge in [0.15, 0.2) is 5.75 Å². The zero-order chi connectivity index (χ0) is 16.7. The lowest BCUT2D eigenvalue weighted by Gasteiger charge is -2.06. The van der Waals surface area contributed by atoms with Crippen LogP contribution in [0.25, 0.3) is 10.9 Å². The fourth-order valence-electron chi connectivity index (χ4n) is 2.44. The summed E-state index contributed by atoms with van der Waals surface area (Å²) in [7, 11) is 0. The molecule has 0 aliphatic carbocycles. The van der Waals surface area contributed by atoms with Gasteiger partial charge in [-0.15, -0.1) is 0 Å². The lowest BCUT2D eigenvalue weighted by atomic mass is 10.2. The zero-order valence-electron chi connectivity index (χ0n) is 12.3. The van der Waals surface area contributed by atoms with Gasteiger partial charge >= 0.3 is 5.97 Å². The van der Waals surface area contributed by atoms with Gasteiger partial charge in [-0.25, -0.2) is 0 Å². The summed E-state index contributed by atoms with van der Waals surface area (Å²) in [4.78, 5) is 24.1. The van der Waals surface area contributed by atoms with Gasteiger partial charge in [0.2, 0.25) is 0 Å². The van der Waals surface area contributed by atoms with E-state index >= 15 is 0 Å². The number of thiophene rings is 1. The summed E-state index contributed by atoms with van der Waals surface area (Å²) in [6.45, 7) is 2.95. The summed E-state index contributed by atoms with van der Waals surface area (Å²) in [5.74, 6) is -0.672. The summed E-state index contributed by atoms with van der Waals surface area (Å²) in [6, 6.07) is 4.59. The van der Waals surface area contributed by atoms with Crippen LogP contribution in [0, 0.1) is 6.92 Å². The third-order valence-electron chi connectivity index (χ3n) is 3.43. The van der Waals surface area contributed by atoms with Gasteiger partial charge in [0, 0.05) is 17.7 Å². The molecule has 0 bridgehead atoms. The highest BCUT2D eigenvalue weighted by atomic mass is 35.5.